The van der Waals surface area contributed by atoms with Crippen molar-refractivity contribution in [1.82, 2.24) is 10.3 Å². The molecule has 0 aliphatic heterocycles. The highest BCUT2D eigenvalue weighted by atomic mass is 79.9. The van der Waals surface area contributed by atoms with Crippen LogP contribution >= 0.6 is 15.9 Å². The molecule has 1 heterocycles. The van der Waals surface area contributed by atoms with Crippen molar-refractivity contribution in [2.24, 2.45) is 0 Å². The summed E-state index contributed by atoms with van der Waals surface area (Å²) in [7, 11) is 0. The van der Waals surface area contributed by atoms with Crippen LogP contribution in [0, 0.1) is 0 Å². The Morgan fingerprint density at radius 2 is 2.24 bits per heavy atom. The maximum absolute atomic E-state index is 11.9. The summed E-state index contributed by atoms with van der Waals surface area (Å²) < 4.78 is 0.925. The highest BCUT2D eigenvalue weighted by molar-refractivity contribution is 9.10. The Morgan fingerprint density at radius 3 is 3.00 bits per heavy atom. The van der Waals surface area contributed by atoms with Crippen LogP contribution in [0.5, 0.6) is 0 Å². The second kappa shape index (κ2) is 4.27. The van der Waals surface area contributed by atoms with Crippen molar-refractivity contribution in [2.75, 3.05) is 0 Å². The van der Waals surface area contributed by atoms with Gasteiger partial charge in [-0.2, -0.15) is 0 Å². The first-order chi connectivity index (χ1) is 8.24. The summed E-state index contributed by atoms with van der Waals surface area (Å²) in [5.74, 6) is 0. The number of aromatic nitrogens is 1. The van der Waals surface area contributed by atoms with Crippen molar-refractivity contribution in [3.8, 4) is 0 Å². The molecule has 2 N–H and O–H groups in total. The van der Waals surface area contributed by atoms with E-state index in [1.807, 2.05) is 24.3 Å². The molecule has 1 saturated carbocycles. The molecule has 1 aliphatic carbocycles. The first-order valence-corrected chi connectivity index (χ1v) is 6.57. The monoisotopic (exact) mass is 292 g/mol. The van der Waals surface area contributed by atoms with Crippen LogP contribution in [0.4, 0.5) is 0 Å². The molecule has 0 bridgehead atoms. The Balaban J connectivity index is 2.01. The second-order valence-electron chi connectivity index (χ2n) is 4.48. The van der Waals surface area contributed by atoms with Gasteiger partial charge in [-0.3, -0.25) is 4.79 Å². The van der Waals surface area contributed by atoms with Gasteiger partial charge in [0.15, 0.2) is 0 Å². The third-order valence-electron chi connectivity index (χ3n) is 3.06. The Hall–Kier alpha value is -1.13. The fraction of sp³-hybridized carbons (Fsp3) is 0.308. The van der Waals surface area contributed by atoms with E-state index in [1.165, 1.54) is 12.8 Å². The molecule has 0 radical (unpaired) electrons. The normalized spacial score (nSPS) is 15.4. The largest absolute Gasteiger partial charge is 0.321 e. The average Bonchev–Trinajstić information content (AvgIpc) is 3.12. The maximum Gasteiger partial charge on any atom is 0.252 e. The van der Waals surface area contributed by atoms with Crippen LogP contribution in [-0.4, -0.2) is 11.0 Å². The van der Waals surface area contributed by atoms with Crippen LogP contribution in [0.3, 0.4) is 0 Å². The number of fused-ring (bicyclic) bond motifs is 1. The first-order valence-electron chi connectivity index (χ1n) is 5.78. The van der Waals surface area contributed by atoms with E-state index >= 15 is 0 Å². The summed E-state index contributed by atoms with van der Waals surface area (Å²) in [5.41, 5.74) is 1.67. The van der Waals surface area contributed by atoms with E-state index in [9.17, 15) is 4.79 Å². The summed E-state index contributed by atoms with van der Waals surface area (Å²) in [6.07, 6.45) is 2.47. The number of nitrogens with one attached hydrogen (secondary N) is 2. The summed E-state index contributed by atoms with van der Waals surface area (Å²) in [6.45, 7) is 0.655. The molecule has 0 unspecified atom stereocenters. The Bertz CT molecular complexity index is 616. The van der Waals surface area contributed by atoms with Crippen molar-refractivity contribution in [2.45, 2.75) is 25.4 Å². The Labute approximate surface area is 107 Å². The maximum atomic E-state index is 11.9. The summed E-state index contributed by atoms with van der Waals surface area (Å²) in [5, 5.41) is 4.42. The molecule has 0 atom stereocenters. The third-order valence-corrected chi connectivity index (χ3v) is 3.73. The molecule has 2 aromatic rings. The van der Waals surface area contributed by atoms with Gasteiger partial charge in [0.25, 0.3) is 5.56 Å². The third kappa shape index (κ3) is 2.28. The van der Waals surface area contributed by atoms with E-state index in [1.54, 1.807) is 0 Å². The fourth-order valence-corrected chi connectivity index (χ4v) is 2.39. The van der Waals surface area contributed by atoms with E-state index in [0.29, 0.717) is 12.6 Å². The number of aromatic amines is 1. The van der Waals surface area contributed by atoms with Crippen LogP contribution in [0.15, 0.2) is 33.5 Å². The highest BCUT2D eigenvalue weighted by Crippen LogP contribution is 2.22. The topological polar surface area (TPSA) is 44.9 Å². The van der Waals surface area contributed by atoms with Crippen LogP contribution in [0.2, 0.25) is 0 Å². The zero-order valence-corrected chi connectivity index (χ0v) is 10.9. The van der Waals surface area contributed by atoms with Gasteiger partial charge in [-0.25, -0.2) is 0 Å². The Morgan fingerprint density at radius 1 is 1.41 bits per heavy atom. The number of H-pyrrole nitrogens is 1. The van der Waals surface area contributed by atoms with Gasteiger partial charge in [-0.15, -0.1) is 0 Å². The number of pyridine rings is 1. The van der Waals surface area contributed by atoms with Gasteiger partial charge in [0.2, 0.25) is 0 Å². The minimum Gasteiger partial charge on any atom is -0.321 e. The van der Waals surface area contributed by atoms with E-state index in [2.05, 4.69) is 26.2 Å². The lowest BCUT2D eigenvalue weighted by Gasteiger charge is -2.05. The number of rotatable bonds is 3. The molecule has 1 fully saturated rings. The lowest BCUT2D eigenvalue weighted by atomic mass is 10.1. The second-order valence-corrected chi connectivity index (χ2v) is 5.34. The van der Waals surface area contributed by atoms with Gasteiger partial charge in [0, 0.05) is 22.6 Å². The molecule has 17 heavy (non-hydrogen) atoms. The predicted octanol–water partition coefficient (Wildman–Crippen LogP) is 2.54. The van der Waals surface area contributed by atoms with Gasteiger partial charge < -0.3 is 10.3 Å². The summed E-state index contributed by atoms with van der Waals surface area (Å²) in [4.78, 5) is 14.8. The molecular formula is C13H13BrN2O. The van der Waals surface area contributed by atoms with Crippen molar-refractivity contribution < 1.29 is 0 Å². The van der Waals surface area contributed by atoms with Gasteiger partial charge in [0.1, 0.15) is 0 Å². The molecule has 1 aromatic carbocycles. The zero-order chi connectivity index (χ0) is 11.8. The smallest absolute Gasteiger partial charge is 0.252 e. The molecule has 1 aliphatic rings. The zero-order valence-electron chi connectivity index (χ0n) is 9.29. The minimum absolute atomic E-state index is 0.00227. The van der Waals surface area contributed by atoms with E-state index in [-0.39, 0.29) is 5.56 Å². The van der Waals surface area contributed by atoms with E-state index < -0.39 is 0 Å². The number of para-hydroxylation sites is 1. The summed E-state index contributed by atoms with van der Waals surface area (Å²) >= 11 is 3.44. The molecule has 0 amide bonds. The van der Waals surface area contributed by atoms with Crippen LogP contribution in [-0.2, 0) is 6.54 Å². The minimum atomic E-state index is -0.00227. The van der Waals surface area contributed by atoms with E-state index in [0.717, 1.165) is 20.9 Å². The van der Waals surface area contributed by atoms with Crippen LogP contribution < -0.4 is 10.9 Å². The standard InChI is InChI=1S/C13H13BrN2O/c14-11-3-1-2-8-6-9(7-15-10-4-5-10)13(17)16-12(8)11/h1-3,6,10,15H,4-5,7H2,(H,16,17). The number of hydrogen-bond acceptors (Lipinski definition) is 2. The average molecular weight is 293 g/mol. The van der Waals surface area contributed by atoms with Crippen molar-refractivity contribution in [1.29, 1.82) is 0 Å². The molecule has 88 valence electrons. The number of benzene rings is 1. The van der Waals surface area contributed by atoms with Gasteiger partial charge in [-0.05, 0) is 46.3 Å². The molecule has 0 saturated heterocycles. The fourth-order valence-electron chi connectivity index (χ4n) is 1.91. The molecule has 0 spiro atoms. The number of hydrogen-bond donors (Lipinski definition) is 2. The van der Waals surface area contributed by atoms with E-state index in [4.69, 9.17) is 0 Å². The van der Waals surface area contributed by atoms with Gasteiger partial charge >= 0.3 is 0 Å². The quantitative estimate of drug-likeness (QED) is 0.913. The molecular weight excluding hydrogens is 280 g/mol. The molecule has 4 heteroatoms. The summed E-state index contributed by atoms with van der Waals surface area (Å²) in [6, 6.07) is 8.50. The number of halogens is 1. The SMILES string of the molecule is O=c1[nH]c2c(Br)cccc2cc1CNC1CC1. The molecule has 3 nitrogen and oxygen atoms in total. The van der Waals surface area contributed by atoms with Crippen molar-refractivity contribution in [3.05, 3.63) is 44.7 Å². The van der Waals surface area contributed by atoms with Gasteiger partial charge in [-0.1, -0.05) is 12.1 Å². The van der Waals surface area contributed by atoms with Crippen molar-refractivity contribution >= 4 is 26.8 Å². The van der Waals surface area contributed by atoms with Gasteiger partial charge in [0.05, 0.1) is 5.52 Å². The van der Waals surface area contributed by atoms with Crippen molar-refractivity contribution in [3.63, 3.8) is 0 Å². The first kappa shape index (κ1) is 11.0. The lowest BCUT2D eigenvalue weighted by molar-refractivity contribution is 0.683. The molecule has 3 rings (SSSR count). The predicted molar refractivity (Wildman–Crippen MR) is 72.1 cm³/mol. The van der Waals surface area contributed by atoms with Crippen LogP contribution in [0.1, 0.15) is 18.4 Å². The molecule has 1 aromatic heterocycles. The highest BCUT2D eigenvalue weighted by Gasteiger charge is 2.20. The Kier molecular flexibility index (Phi) is 2.76. The lowest BCUT2D eigenvalue weighted by Crippen LogP contribution is -2.22. The van der Waals surface area contributed by atoms with Crippen LogP contribution in [0.25, 0.3) is 10.9 Å².